The zero-order valence-corrected chi connectivity index (χ0v) is 8.23. The topological polar surface area (TPSA) is 108 Å². The lowest BCUT2D eigenvalue weighted by Gasteiger charge is -2.07. The van der Waals surface area contributed by atoms with Crippen molar-refractivity contribution in [3.8, 4) is 0 Å². The van der Waals surface area contributed by atoms with Gasteiger partial charge in [0.15, 0.2) is 0 Å². The van der Waals surface area contributed by atoms with Crippen molar-refractivity contribution in [3.05, 3.63) is 6.33 Å². The first-order valence-electron chi connectivity index (χ1n) is 4.45. The largest absolute Gasteiger partial charge is 0.481 e. The van der Waals surface area contributed by atoms with Gasteiger partial charge in [-0.1, -0.05) is 6.92 Å². The predicted molar refractivity (Wildman–Crippen MR) is 51.0 cm³/mol. The van der Waals surface area contributed by atoms with Gasteiger partial charge in [-0.3, -0.25) is 14.9 Å². The molecule has 0 saturated carbocycles. The van der Waals surface area contributed by atoms with E-state index < -0.39 is 5.97 Å². The number of rotatable bonds is 5. The number of H-pyrrole nitrogens is 1. The molecule has 0 aliphatic carbocycles. The van der Waals surface area contributed by atoms with Gasteiger partial charge < -0.3 is 5.11 Å². The van der Waals surface area contributed by atoms with Crippen molar-refractivity contribution in [2.24, 2.45) is 5.92 Å². The van der Waals surface area contributed by atoms with E-state index in [9.17, 15) is 9.59 Å². The standard InChI is InChI=1S/C8H12N4O3/c1-5(3-7(14)15)2-6(13)11-8-9-4-10-12-8/h4-5H,2-3H2,1H3,(H,14,15)(H2,9,10,11,12,13). The molecule has 82 valence electrons. The number of carbonyl (C=O) groups excluding carboxylic acids is 1. The fraction of sp³-hybridized carbons (Fsp3) is 0.500. The van der Waals surface area contributed by atoms with E-state index in [0.717, 1.165) is 0 Å². The highest BCUT2D eigenvalue weighted by molar-refractivity contribution is 5.89. The van der Waals surface area contributed by atoms with Crippen LogP contribution >= 0.6 is 0 Å². The monoisotopic (exact) mass is 212 g/mol. The zero-order valence-electron chi connectivity index (χ0n) is 8.23. The van der Waals surface area contributed by atoms with Crippen molar-refractivity contribution in [2.75, 3.05) is 5.32 Å². The summed E-state index contributed by atoms with van der Waals surface area (Å²) in [6.07, 6.45) is 1.40. The van der Waals surface area contributed by atoms with Gasteiger partial charge in [-0.05, 0) is 5.92 Å². The molecule has 7 heteroatoms. The van der Waals surface area contributed by atoms with Crippen LogP contribution in [0.25, 0.3) is 0 Å². The third kappa shape index (κ3) is 4.21. The Morgan fingerprint density at radius 2 is 2.33 bits per heavy atom. The second kappa shape index (κ2) is 5.08. The molecule has 0 fully saturated rings. The molecule has 0 saturated heterocycles. The van der Waals surface area contributed by atoms with Crippen molar-refractivity contribution in [2.45, 2.75) is 19.8 Å². The zero-order chi connectivity index (χ0) is 11.3. The number of anilines is 1. The molecule has 1 aromatic heterocycles. The van der Waals surface area contributed by atoms with Crippen LogP contribution in [-0.4, -0.2) is 32.2 Å². The highest BCUT2D eigenvalue weighted by Crippen LogP contribution is 2.08. The number of nitrogens with zero attached hydrogens (tertiary/aromatic N) is 2. The number of carboxylic acids is 1. The summed E-state index contributed by atoms with van der Waals surface area (Å²) in [5.74, 6) is -1.12. The van der Waals surface area contributed by atoms with E-state index in [1.807, 2.05) is 0 Å². The summed E-state index contributed by atoms with van der Waals surface area (Å²) in [5.41, 5.74) is 0. The molecule has 0 aliphatic rings. The molecule has 0 radical (unpaired) electrons. The van der Waals surface area contributed by atoms with Crippen LogP contribution in [0.5, 0.6) is 0 Å². The maximum absolute atomic E-state index is 11.3. The number of carboxylic acid groups (broad SMARTS) is 1. The van der Waals surface area contributed by atoms with Gasteiger partial charge in [0.25, 0.3) is 0 Å². The number of aromatic amines is 1. The van der Waals surface area contributed by atoms with Crippen LogP contribution in [0, 0.1) is 5.92 Å². The van der Waals surface area contributed by atoms with Crippen molar-refractivity contribution in [1.29, 1.82) is 0 Å². The summed E-state index contributed by atoms with van der Waals surface area (Å²) in [5, 5.41) is 17.0. The predicted octanol–water partition coefficient (Wildman–Crippen LogP) is 0.244. The van der Waals surface area contributed by atoms with Gasteiger partial charge in [-0.25, -0.2) is 5.10 Å². The number of aliphatic carboxylic acids is 1. The van der Waals surface area contributed by atoms with Crippen LogP contribution < -0.4 is 5.32 Å². The SMILES string of the molecule is CC(CC(=O)O)CC(=O)Nc1ncn[nH]1. The van der Waals surface area contributed by atoms with Gasteiger partial charge in [0.05, 0.1) is 0 Å². The van der Waals surface area contributed by atoms with Crippen molar-refractivity contribution in [3.63, 3.8) is 0 Å². The lowest BCUT2D eigenvalue weighted by atomic mass is 10.0. The Bertz CT molecular complexity index is 336. The fourth-order valence-electron chi connectivity index (χ4n) is 1.14. The van der Waals surface area contributed by atoms with Crippen LogP contribution in [-0.2, 0) is 9.59 Å². The van der Waals surface area contributed by atoms with Crippen LogP contribution in [0.4, 0.5) is 5.95 Å². The number of hydrogen-bond acceptors (Lipinski definition) is 4. The Hall–Kier alpha value is -1.92. The van der Waals surface area contributed by atoms with Crippen molar-refractivity contribution in [1.82, 2.24) is 15.2 Å². The Morgan fingerprint density at radius 1 is 1.60 bits per heavy atom. The average Bonchev–Trinajstić information content (AvgIpc) is 2.53. The average molecular weight is 212 g/mol. The molecule has 1 rings (SSSR count). The molecule has 7 nitrogen and oxygen atoms in total. The molecule has 15 heavy (non-hydrogen) atoms. The maximum Gasteiger partial charge on any atom is 0.303 e. The minimum Gasteiger partial charge on any atom is -0.481 e. The molecule has 0 bridgehead atoms. The Balaban J connectivity index is 2.33. The van der Waals surface area contributed by atoms with Gasteiger partial charge in [0.1, 0.15) is 6.33 Å². The van der Waals surface area contributed by atoms with Gasteiger partial charge in [-0.2, -0.15) is 10.1 Å². The first-order chi connectivity index (χ1) is 7.08. The molecule has 0 spiro atoms. The Labute approximate surface area is 85.9 Å². The van der Waals surface area contributed by atoms with E-state index in [-0.39, 0.29) is 30.6 Å². The van der Waals surface area contributed by atoms with Gasteiger partial charge >= 0.3 is 5.97 Å². The molecule has 1 unspecified atom stereocenters. The summed E-state index contributed by atoms with van der Waals surface area (Å²) in [4.78, 5) is 25.4. The van der Waals surface area contributed by atoms with E-state index in [0.29, 0.717) is 0 Å². The number of hydrogen-bond donors (Lipinski definition) is 3. The molecule has 0 aliphatic heterocycles. The molecule has 3 N–H and O–H groups in total. The maximum atomic E-state index is 11.3. The molecular weight excluding hydrogens is 200 g/mol. The first-order valence-corrected chi connectivity index (χ1v) is 4.45. The van der Waals surface area contributed by atoms with E-state index >= 15 is 0 Å². The minimum atomic E-state index is -0.907. The minimum absolute atomic E-state index is 0.0240. The second-order valence-electron chi connectivity index (χ2n) is 3.29. The summed E-state index contributed by atoms with van der Waals surface area (Å²) >= 11 is 0. The van der Waals surface area contributed by atoms with Crippen LogP contribution in [0.3, 0.4) is 0 Å². The van der Waals surface area contributed by atoms with Crippen LogP contribution in [0.15, 0.2) is 6.33 Å². The van der Waals surface area contributed by atoms with Gasteiger partial charge in [0, 0.05) is 12.8 Å². The number of aromatic nitrogens is 3. The number of nitrogens with one attached hydrogen (secondary N) is 2. The lowest BCUT2D eigenvalue weighted by Crippen LogP contribution is -2.17. The molecule has 1 atom stereocenters. The third-order valence-corrected chi connectivity index (χ3v) is 1.73. The number of amides is 1. The van der Waals surface area contributed by atoms with E-state index in [1.165, 1.54) is 6.33 Å². The first kappa shape index (κ1) is 11.2. The Kier molecular flexibility index (Phi) is 3.78. The summed E-state index contributed by atoms with van der Waals surface area (Å²) in [6.45, 7) is 1.70. The van der Waals surface area contributed by atoms with Crippen molar-refractivity contribution >= 4 is 17.8 Å². The summed E-state index contributed by atoms with van der Waals surface area (Å²) < 4.78 is 0. The van der Waals surface area contributed by atoms with Crippen LogP contribution in [0.2, 0.25) is 0 Å². The Morgan fingerprint density at radius 3 is 2.87 bits per heavy atom. The molecule has 1 amide bonds. The molecule has 1 heterocycles. The smallest absolute Gasteiger partial charge is 0.303 e. The normalized spacial score (nSPS) is 12.1. The molecular formula is C8H12N4O3. The second-order valence-corrected chi connectivity index (χ2v) is 3.29. The highest BCUT2D eigenvalue weighted by Gasteiger charge is 2.13. The van der Waals surface area contributed by atoms with Crippen LogP contribution in [0.1, 0.15) is 19.8 Å². The number of carbonyl (C=O) groups is 2. The van der Waals surface area contributed by atoms with Crippen molar-refractivity contribution < 1.29 is 14.7 Å². The highest BCUT2D eigenvalue weighted by atomic mass is 16.4. The van der Waals surface area contributed by atoms with Gasteiger partial charge in [-0.15, -0.1) is 0 Å². The van der Waals surface area contributed by atoms with Gasteiger partial charge in [0.2, 0.25) is 11.9 Å². The van der Waals surface area contributed by atoms with E-state index in [1.54, 1.807) is 6.92 Å². The molecule has 1 aromatic rings. The third-order valence-electron chi connectivity index (χ3n) is 1.73. The quantitative estimate of drug-likeness (QED) is 0.648. The molecule has 0 aromatic carbocycles. The van der Waals surface area contributed by atoms with E-state index in [4.69, 9.17) is 5.11 Å². The summed E-state index contributed by atoms with van der Waals surface area (Å²) in [7, 11) is 0. The fourth-order valence-corrected chi connectivity index (χ4v) is 1.14. The summed E-state index contributed by atoms with van der Waals surface area (Å²) in [6, 6.07) is 0. The lowest BCUT2D eigenvalue weighted by molar-refractivity contribution is -0.138. The van der Waals surface area contributed by atoms with E-state index in [2.05, 4.69) is 20.5 Å².